The van der Waals surface area contributed by atoms with Gasteiger partial charge in [-0.05, 0) is 60.9 Å². The van der Waals surface area contributed by atoms with Gasteiger partial charge in [0.15, 0.2) is 0 Å². The first-order valence-corrected chi connectivity index (χ1v) is 12.7. The van der Waals surface area contributed by atoms with Gasteiger partial charge in [0.05, 0.1) is 23.5 Å². The number of aliphatic carboxylic acids is 1. The summed E-state index contributed by atoms with van der Waals surface area (Å²) in [6.07, 6.45) is 1.31. The predicted octanol–water partition coefficient (Wildman–Crippen LogP) is 5.48. The van der Waals surface area contributed by atoms with E-state index in [1.165, 1.54) is 5.56 Å². The molecule has 3 atom stereocenters. The molecule has 1 saturated carbocycles. The van der Waals surface area contributed by atoms with E-state index in [2.05, 4.69) is 0 Å². The fraction of sp³-hybridized carbons (Fsp3) is 0.323. The molecule has 6 heteroatoms. The Balaban J connectivity index is 1.41. The highest BCUT2D eigenvalue weighted by Crippen LogP contribution is 2.42. The molecular weight excluding hydrogens is 468 g/mol. The van der Waals surface area contributed by atoms with Gasteiger partial charge >= 0.3 is 11.9 Å². The number of benzene rings is 3. The normalized spacial score (nSPS) is 20.9. The number of carbonyl (C=O) groups is 3. The minimum absolute atomic E-state index is 0.0879. The van der Waals surface area contributed by atoms with Crippen LogP contribution >= 0.6 is 0 Å². The maximum absolute atomic E-state index is 13.2. The Labute approximate surface area is 216 Å². The first kappa shape index (κ1) is 26.3. The summed E-state index contributed by atoms with van der Waals surface area (Å²) >= 11 is 0. The number of Topliss-reactive ketones (excluding diaryl/α,β-unsaturated/α-hetero) is 1. The molecule has 1 aliphatic carbocycles. The van der Waals surface area contributed by atoms with Crippen molar-refractivity contribution < 1.29 is 29.3 Å². The SMILES string of the molecule is O=C(O)C[C@]1(O)CC[C@@H](OC(=O)c2ccc(-c3ccccc3)cc2)[C@H]1C(=O)CCCCc1ccccc1. The zero-order chi connectivity index (χ0) is 26.3. The molecule has 0 saturated heterocycles. The number of carboxylic acids is 1. The fourth-order valence-electron chi connectivity index (χ4n) is 5.22. The van der Waals surface area contributed by atoms with Gasteiger partial charge in [-0.1, -0.05) is 72.8 Å². The van der Waals surface area contributed by atoms with E-state index in [-0.39, 0.29) is 25.0 Å². The molecule has 4 rings (SSSR count). The number of hydrogen-bond acceptors (Lipinski definition) is 5. The number of unbranched alkanes of at least 4 members (excludes halogenated alkanes) is 1. The molecule has 192 valence electrons. The number of esters is 1. The molecule has 0 aliphatic heterocycles. The van der Waals surface area contributed by atoms with Crippen LogP contribution in [0, 0.1) is 5.92 Å². The van der Waals surface area contributed by atoms with Gasteiger partial charge in [-0.3, -0.25) is 9.59 Å². The average molecular weight is 501 g/mol. The summed E-state index contributed by atoms with van der Waals surface area (Å²) in [7, 11) is 0. The van der Waals surface area contributed by atoms with E-state index in [9.17, 15) is 24.6 Å². The number of ketones is 1. The van der Waals surface area contributed by atoms with Gasteiger partial charge < -0.3 is 14.9 Å². The summed E-state index contributed by atoms with van der Waals surface area (Å²) in [5.41, 5.74) is 1.77. The largest absolute Gasteiger partial charge is 0.481 e. The monoisotopic (exact) mass is 500 g/mol. The summed E-state index contributed by atoms with van der Waals surface area (Å²) in [5, 5.41) is 20.5. The molecular formula is C31H32O6. The number of carbonyl (C=O) groups excluding carboxylic acids is 2. The zero-order valence-electron chi connectivity index (χ0n) is 20.7. The van der Waals surface area contributed by atoms with Crippen LogP contribution in [-0.2, 0) is 20.7 Å². The van der Waals surface area contributed by atoms with Crippen molar-refractivity contribution in [3.05, 3.63) is 96.1 Å². The Bertz CT molecular complexity index is 1210. The molecule has 0 aromatic heterocycles. The van der Waals surface area contributed by atoms with E-state index in [0.717, 1.165) is 24.0 Å². The maximum atomic E-state index is 13.2. The molecule has 6 nitrogen and oxygen atoms in total. The lowest BCUT2D eigenvalue weighted by Gasteiger charge is -2.30. The van der Waals surface area contributed by atoms with Gasteiger partial charge in [-0.15, -0.1) is 0 Å². The van der Waals surface area contributed by atoms with Gasteiger partial charge in [0.25, 0.3) is 0 Å². The summed E-state index contributed by atoms with van der Waals surface area (Å²) in [6.45, 7) is 0. The minimum Gasteiger partial charge on any atom is -0.481 e. The Morgan fingerprint density at radius 2 is 1.46 bits per heavy atom. The Morgan fingerprint density at radius 3 is 2.11 bits per heavy atom. The van der Waals surface area contributed by atoms with Crippen molar-refractivity contribution in [2.45, 2.75) is 56.7 Å². The summed E-state index contributed by atoms with van der Waals surface area (Å²) in [6, 6.07) is 26.7. The lowest BCUT2D eigenvalue weighted by Crippen LogP contribution is -2.45. The van der Waals surface area contributed by atoms with E-state index in [4.69, 9.17) is 4.74 Å². The van der Waals surface area contributed by atoms with Crippen molar-refractivity contribution in [1.29, 1.82) is 0 Å². The van der Waals surface area contributed by atoms with Crippen molar-refractivity contribution in [2.24, 2.45) is 5.92 Å². The number of hydrogen-bond donors (Lipinski definition) is 2. The van der Waals surface area contributed by atoms with Crippen LogP contribution in [0.15, 0.2) is 84.9 Å². The second kappa shape index (κ2) is 12.0. The van der Waals surface area contributed by atoms with Crippen LogP contribution in [0.4, 0.5) is 0 Å². The molecule has 0 bridgehead atoms. The van der Waals surface area contributed by atoms with Gasteiger partial charge in [-0.2, -0.15) is 0 Å². The van der Waals surface area contributed by atoms with Gasteiger partial charge in [0, 0.05) is 6.42 Å². The van der Waals surface area contributed by atoms with Crippen molar-refractivity contribution in [1.82, 2.24) is 0 Å². The molecule has 0 radical (unpaired) electrons. The molecule has 1 fully saturated rings. The molecule has 0 unspecified atom stereocenters. The molecule has 1 aliphatic rings. The van der Waals surface area contributed by atoms with E-state index >= 15 is 0 Å². The molecule has 37 heavy (non-hydrogen) atoms. The predicted molar refractivity (Wildman–Crippen MR) is 140 cm³/mol. The molecule has 0 heterocycles. The Kier molecular flexibility index (Phi) is 8.51. The molecule has 0 amide bonds. The van der Waals surface area contributed by atoms with Crippen LogP contribution < -0.4 is 0 Å². The Morgan fingerprint density at radius 1 is 0.838 bits per heavy atom. The summed E-state index contributed by atoms with van der Waals surface area (Å²) in [5.74, 6) is -3.10. The number of carboxylic acid groups (broad SMARTS) is 1. The van der Waals surface area contributed by atoms with Gasteiger partial charge in [0.1, 0.15) is 11.9 Å². The zero-order valence-corrected chi connectivity index (χ0v) is 20.7. The summed E-state index contributed by atoms with van der Waals surface area (Å²) in [4.78, 5) is 37.6. The standard InChI is InChI=1S/C31H32O6/c32-26(14-8-7-11-22-9-3-1-4-10-22)29-27(19-20-31(29,36)21-28(33)34)37-30(35)25-17-15-24(16-18-25)23-12-5-2-6-13-23/h1-6,9-10,12-13,15-18,27,29,36H,7-8,11,14,19-21H2,(H,33,34)/t27-,29-,31-/m1/s1. The van der Waals surface area contributed by atoms with Crippen molar-refractivity contribution in [3.8, 4) is 11.1 Å². The maximum Gasteiger partial charge on any atom is 0.338 e. The van der Waals surface area contributed by atoms with Crippen LogP contribution in [0.2, 0.25) is 0 Å². The number of aryl methyl sites for hydroxylation is 1. The lowest BCUT2D eigenvalue weighted by molar-refractivity contribution is -0.148. The number of ether oxygens (including phenoxy) is 1. The summed E-state index contributed by atoms with van der Waals surface area (Å²) < 4.78 is 5.72. The van der Waals surface area contributed by atoms with Crippen LogP contribution in [-0.4, -0.2) is 39.6 Å². The number of rotatable bonds is 11. The topological polar surface area (TPSA) is 101 Å². The smallest absolute Gasteiger partial charge is 0.338 e. The van der Waals surface area contributed by atoms with Gasteiger partial charge in [-0.25, -0.2) is 4.79 Å². The lowest BCUT2D eigenvalue weighted by atomic mass is 9.82. The quantitative estimate of drug-likeness (QED) is 0.267. The van der Waals surface area contributed by atoms with E-state index < -0.39 is 36.0 Å². The molecule has 0 spiro atoms. The van der Waals surface area contributed by atoms with E-state index in [1.807, 2.05) is 72.8 Å². The van der Waals surface area contributed by atoms with Gasteiger partial charge in [0.2, 0.25) is 0 Å². The van der Waals surface area contributed by atoms with Crippen LogP contribution in [0.3, 0.4) is 0 Å². The molecule has 3 aromatic rings. The molecule has 3 aromatic carbocycles. The first-order chi connectivity index (χ1) is 17.9. The van der Waals surface area contributed by atoms with E-state index in [0.29, 0.717) is 12.0 Å². The van der Waals surface area contributed by atoms with Crippen LogP contribution in [0.1, 0.15) is 54.4 Å². The highest BCUT2D eigenvalue weighted by Gasteiger charge is 2.53. The van der Waals surface area contributed by atoms with Crippen LogP contribution in [0.5, 0.6) is 0 Å². The highest BCUT2D eigenvalue weighted by molar-refractivity contribution is 5.91. The van der Waals surface area contributed by atoms with Crippen molar-refractivity contribution in [3.63, 3.8) is 0 Å². The first-order valence-electron chi connectivity index (χ1n) is 12.7. The van der Waals surface area contributed by atoms with Crippen molar-refractivity contribution >= 4 is 17.7 Å². The Hall–Kier alpha value is -3.77. The third-order valence-electron chi connectivity index (χ3n) is 7.08. The number of aliphatic hydroxyl groups is 1. The average Bonchev–Trinajstić information content (AvgIpc) is 3.22. The minimum atomic E-state index is -1.73. The van der Waals surface area contributed by atoms with Crippen molar-refractivity contribution in [2.75, 3.05) is 0 Å². The van der Waals surface area contributed by atoms with E-state index in [1.54, 1.807) is 12.1 Å². The third kappa shape index (κ3) is 6.71. The highest BCUT2D eigenvalue weighted by atomic mass is 16.5. The van der Waals surface area contributed by atoms with Crippen LogP contribution in [0.25, 0.3) is 11.1 Å². The molecule has 2 N–H and O–H groups in total. The fourth-order valence-corrected chi connectivity index (χ4v) is 5.22. The second-order valence-corrected chi connectivity index (χ2v) is 9.74. The second-order valence-electron chi connectivity index (χ2n) is 9.74. The third-order valence-corrected chi connectivity index (χ3v) is 7.08.